The lowest BCUT2D eigenvalue weighted by atomic mass is 9.91. The Morgan fingerprint density at radius 2 is 1.59 bits per heavy atom. The number of carbonyl (C=O) groups excluding carboxylic acids is 3. The molecule has 0 bridgehead atoms. The molecule has 34 heavy (non-hydrogen) atoms. The number of amides is 1. The summed E-state index contributed by atoms with van der Waals surface area (Å²) in [5, 5.41) is 12.8. The summed E-state index contributed by atoms with van der Waals surface area (Å²) in [6, 6.07) is 4.51. The second-order valence-corrected chi connectivity index (χ2v) is 9.66. The Hall–Kier alpha value is -2.81. The molecule has 2 N–H and O–H groups in total. The van der Waals surface area contributed by atoms with Gasteiger partial charge in [-0.15, -0.1) is 0 Å². The molecule has 1 aromatic rings. The largest absolute Gasteiger partial charge is 0.508 e. The first-order valence-electron chi connectivity index (χ1n) is 11.7. The maximum absolute atomic E-state index is 11.9. The van der Waals surface area contributed by atoms with Crippen LogP contribution in [0.5, 0.6) is 5.75 Å². The second kappa shape index (κ2) is 12.6. The van der Waals surface area contributed by atoms with Crippen molar-refractivity contribution in [3.8, 4) is 5.75 Å². The summed E-state index contributed by atoms with van der Waals surface area (Å²) in [5.41, 5.74) is -0.355. The summed E-state index contributed by atoms with van der Waals surface area (Å²) < 4.78 is 14.4. The number of nitrogens with one attached hydrogen (secondary N) is 1. The monoisotopic (exact) mass is 478 g/mol. The van der Waals surface area contributed by atoms with Crippen LogP contribution in [0.1, 0.15) is 73.6 Å². The van der Waals surface area contributed by atoms with E-state index >= 15 is 0 Å². The number of benzene rings is 1. The van der Waals surface area contributed by atoms with E-state index < -0.39 is 11.9 Å². The molecule has 190 valence electrons. The van der Waals surface area contributed by atoms with Gasteiger partial charge in [0.25, 0.3) is 0 Å². The predicted octanol–water partition coefficient (Wildman–Crippen LogP) is 3.74. The Morgan fingerprint density at radius 3 is 2.09 bits per heavy atom. The van der Waals surface area contributed by atoms with Crippen molar-refractivity contribution in [1.29, 1.82) is 0 Å². The van der Waals surface area contributed by atoms with Gasteiger partial charge in [0.15, 0.2) is 0 Å². The van der Waals surface area contributed by atoms with E-state index in [0.717, 1.165) is 50.5 Å². The Kier molecular flexibility index (Phi) is 10.2. The number of esters is 2. The van der Waals surface area contributed by atoms with Crippen LogP contribution < -0.4 is 5.32 Å². The minimum absolute atomic E-state index is 0.0237. The molecular weight excluding hydrogens is 440 g/mol. The highest BCUT2D eigenvalue weighted by Crippen LogP contribution is 2.22. The van der Waals surface area contributed by atoms with Crippen LogP contribution in [0, 0.1) is 5.92 Å². The lowest BCUT2D eigenvalue weighted by molar-refractivity contribution is 0.0182. The van der Waals surface area contributed by atoms with Crippen LogP contribution in [0.3, 0.4) is 0 Å². The fraction of sp³-hybridized carbons (Fsp3) is 0.640. The first kappa shape index (κ1) is 27.4. The molecule has 1 aliphatic heterocycles. The van der Waals surface area contributed by atoms with Crippen molar-refractivity contribution in [2.45, 2.75) is 64.5 Å². The summed E-state index contributed by atoms with van der Waals surface area (Å²) >= 11 is 0. The third kappa shape index (κ3) is 8.52. The fourth-order valence-electron chi connectivity index (χ4n) is 3.69. The van der Waals surface area contributed by atoms with Crippen LogP contribution >= 0.6 is 0 Å². The molecule has 1 heterocycles. The Balaban J connectivity index is 0.000000248. The number of rotatable bonds is 5. The van der Waals surface area contributed by atoms with E-state index in [4.69, 9.17) is 4.74 Å². The highest BCUT2D eigenvalue weighted by atomic mass is 16.6. The molecule has 1 aromatic carbocycles. The van der Waals surface area contributed by atoms with E-state index in [-0.39, 0.29) is 28.6 Å². The van der Waals surface area contributed by atoms with E-state index in [1.165, 1.54) is 45.6 Å². The molecule has 9 heteroatoms. The van der Waals surface area contributed by atoms with E-state index in [9.17, 15) is 19.5 Å². The molecule has 0 radical (unpaired) electrons. The van der Waals surface area contributed by atoms with Gasteiger partial charge in [-0.05, 0) is 77.1 Å². The summed E-state index contributed by atoms with van der Waals surface area (Å²) in [6.45, 7) is 8.55. The molecule has 2 aliphatic rings. The molecule has 1 saturated heterocycles. The number of aromatic hydroxyl groups is 1. The number of hydrogen-bond acceptors (Lipinski definition) is 8. The zero-order valence-corrected chi connectivity index (χ0v) is 20.9. The van der Waals surface area contributed by atoms with Crippen molar-refractivity contribution in [3.05, 3.63) is 29.3 Å². The summed E-state index contributed by atoms with van der Waals surface area (Å²) in [5.74, 6) is -0.760. The molecule has 0 atom stereocenters. The lowest BCUT2D eigenvalue weighted by Gasteiger charge is -2.35. The lowest BCUT2D eigenvalue weighted by Crippen LogP contribution is -2.45. The van der Waals surface area contributed by atoms with Gasteiger partial charge < -0.3 is 29.5 Å². The molecule has 1 amide bonds. The van der Waals surface area contributed by atoms with Gasteiger partial charge in [0.05, 0.1) is 25.3 Å². The predicted molar refractivity (Wildman–Crippen MR) is 127 cm³/mol. The van der Waals surface area contributed by atoms with Crippen LogP contribution in [0.4, 0.5) is 4.79 Å². The Bertz CT molecular complexity index is 838. The van der Waals surface area contributed by atoms with E-state index in [1.54, 1.807) is 0 Å². The van der Waals surface area contributed by atoms with Gasteiger partial charge in [0.2, 0.25) is 0 Å². The third-order valence-electron chi connectivity index (χ3n) is 5.88. The average molecular weight is 479 g/mol. The average Bonchev–Trinajstić information content (AvgIpc) is 2.76. The molecule has 2 fully saturated rings. The Labute approximate surface area is 201 Å². The normalized spacial score (nSPS) is 16.6. The van der Waals surface area contributed by atoms with Crippen LogP contribution in [-0.2, 0) is 14.2 Å². The van der Waals surface area contributed by atoms with Crippen molar-refractivity contribution in [2.75, 3.05) is 33.9 Å². The van der Waals surface area contributed by atoms with E-state index in [1.807, 2.05) is 25.7 Å². The summed E-state index contributed by atoms with van der Waals surface area (Å²) in [7, 11) is 2.39. The number of likely N-dealkylation sites (tertiary alicyclic amines) is 1. The van der Waals surface area contributed by atoms with Gasteiger partial charge in [-0.25, -0.2) is 14.4 Å². The molecule has 0 unspecified atom stereocenters. The Morgan fingerprint density at radius 1 is 1.00 bits per heavy atom. The molecule has 9 nitrogen and oxygen atoms in total. The number of carbonyl (C=O) groups is 3. The second-order valence-electron chi connectivity index (χ2n) is 9.66. The first-order chi connectivity index (χ1) is 16.0. The zero-order chi connectivity index (χ0) is 25.3. The molecule has 0 aromatic heterocycles. The van der Waals surface area contributed by atoms with Gasteiger partial charge in [-0.2, -0.15) is 0 Å². The van der Waals surface area contributed by atoms with Gasteiger partial charge in [-0.3, -0.25) is 0 Å². The van der Waals surface area contributed by atoms with Crippen molar-refractivity contribution in [2.24, 2.45) is 5.92 Å². The molecule has 1 aliphatic carbocycles. The number of ether oxygens (including phenoxy) is 3. The molecule has 1 saturated carbocycles. The smallest absolute Gasteiger partial charge is 0.410 e. The van der Waals surface area contributed by atoms with Crippen LogP contribution in [0.25, 0.3) is 0 Å². The first-order valence-corrected chi connectivity index (χ1v) is 11.7. The van der Waals surface area contributed by atoms with Crippen molar-refractivity contribution in [3.63, 3.8) is 0 Å². The van der Waals surface area contributed by atoms with Gasteiger partial charge in [0, 0.05) is 19.1 Å². The number of hydrogen-bond donors (Lipinski definition) is 2. The van der Waals surface area contributed by atoms with E-state index in [2.05, 4.69) is 14.8 Å². The maximum Gasteiger partial charge on any atom is 0.410 e. The standard InChI is InChI=1S/C15H28N2O2.C10H10O5/c1-15(2,3)19-14(18)17-9-7-12(8-10-17)11-16-13-5-4-6-13;1-14-9(12)7-4-3-6(11)5-8(7)10(13)15-2/h12-13,16H,4-11H2,1-3H3;3-5,11H,1-2H3. The molecular formula is C25H38N2O7. The van der Waals surface area contributed by atoms with Gasteiger partial charge in [0.1, 0.15) is 11.4 Å². The highest BCUT2D eigenvalue weighted by molar-refractivity contribution is 6.03. The quantitative estimate of drug-likeness (QED) is 0.486. The van der Waals surface area contributed by atoms with E-state index in [0.29, 0.717) is 0 Å². The third-order valence-corrected chi connectivity index (χ3v) is 5.88. The van der Waals surface area contributed by atoms with Crippen LogP contribution in [0.15, 0.2) is 18.2 Å². The number of methoxy groups -OCH3 is 2. The number of phenolic OH excluding ortho intramolecular Hbond substituents is 1. The van der Waals surface area contributed by atoms with Crippen molar-refractivity contribution < 1.29 is 33.7 Å². The van der Waals surface area contributed by atoms with Gasteiger partial charge in [-0.1, -0.05) is 6.42 Å². The highest BCUT2D eigenvalue weighted by Gasteiger charge is 2.27. The van der Waals surface area contributed by atoms with Crippen molar-refractivity contribution >= 4 is 18.0 Å². The maximum atomic E-state index is 11.9. The number of nitrogens with zero attached hydrogens (tertiary/aromatic N) is 1. The summed E-state index contributed by atoms with van der Waals surface area (Å²) in [6.07, 6.45) is 6.11. The zero-order valence-electron chi connectivity index (χ0n) is 20.9. The minimum atomic E-state index is -0.702. The fourth-order valence-corrected chi connectivity index (χ4v) is 3.69. The van der Waals surface area contributed by atoms with Crippen LogP contribution in [0.2, 0.25) is 0 Å². The topological polar surface area (TPSA) is 114 Å². The number of phenols is 1. The number of piperidine rings is 1. The minimum Gasteiger partial charge on any atom is -0.508 e. The van der Waals surface area contributed by atoms with Gasteiger partial charge >= 0.3 is 18.0 Å². The molecule has 3 rings (SSSR count). The van der Waals surface area contributed by atoms with Crippen LogP contribution in [-0.4, -0.2) is 73.5 Å². The van der Waals surface area contributed by atoms with Crippen molar-refractivity contribution in [1.82, 2.24) is 10.2 Å². The molecule has 0 spiro atoms. The summed E-state index contributed by atoms with van der Waals surface area (Å²) in [4.78, 5) is 36.3. The SMILES string of the molecule is CC(C)(C)OC(=O)N1CCC(CNC2CCC2)CC1.COC(=O)c1ccc(O)cc1C(=O)OC.